The van der Waals surface area contributed by atoms with Crippen molar-refractivity contribution >= 4 is 34.9 Å². The summed E-state index contributed by atoms with van der Waals surface area (Å²) in [4.78, 5) is 31.6. The van der Waals surface area contributed by atoms with Crippen molar-refractivity contribution in [1.82, 2.24) is 20.5 Å². The van der Waals surface area contributed by atoms with E-state index in [4.69, 9.17) is 18.6 Å². The maximum absolute atomic E-state index is 15.4. The van der Waals surface area contributed by atoms with Gasteiger partial charge in [0.15, 0.2) is 17.3 Å². The fourth-order valence-corrected chi connectivity index (χ4v) is 5.27. The first-order valence-corrected chi connectivity index (χ1v) is 15.2. The van der Waals surface area contributed by atoms with E-state index in [1.807, 2.05) is 25.7 Å². The van der Waals surface area contributed by atoms with Crippen molar-refractivity contribution in [3.8, 4) is 34.4 Å². The number of fused-ring (bicyclic) bond motifs is 1. The molecule has 0 bridgehead atoms. The summed E-state index contributed by atoms with van der Waals surface area (Å²) in [6.45, 7) is 11.8. The summed E-state index contributed by atoms with van der Waals surface area (Å²) in [7, 11) is 1.43. The molecule has 1 saturated heterocycles. The molecule has 0 atom stereocenters. The van der Waals surface area contributed by atoms with E-state index in [-0.39, 0.29) is 51.0 Å². The first-order chi connectivity index (χ1) is 22.2. The van der Waals surface area contributed by atoms with Gasteiger partial charge in [-0.05, 0) is 72.6 Å². The first kappa shape index (κ1) is 33.1. The van der Waals surface area contributed by atoms with E-state index in [9.17, 15) is 14.9 Å². The molecule has 0 spiro atoms. The van der Waals surface area contributed by atoms with E-state index in [2.05, 4.69) is 31.9 Å². The first-order valence-electron chi connectivity index (χ1n) is 15.2. The van der Waals surface area contributed by atoms with Crippen LogP contribution in [0, 0.1) is 17.1 Å². The number of nitriles is 1. The number of carbonyl (C=O) groups is 2. The number of H-pyrrole nitrogens is 1. The number of halogens is 1. The van der Waals surface area contributed by atoms with Crippen LogP contribution in [-0.4, -0.2) is 64.8 Å². The average molecular weight is 648 g/mol. The predicted molar refractivity (Wildman–Crippen MR) is 173 cm³/mol. The Balaban J connectivity index is 1.52. The minimum absolute atomic E-state index is 0.0105. The molecule has 3 N–H and O–H groups in total. The lowest BCUT2D eigenvalue weighted by atomic mass is 9.97. The summed E-state index contributed by atoms with van der Waals surface area (Å²) in [6.07, 6.45) is 0.0981. The Labute approximate surface area is 271 Å². The number of rotatable bonds is 6. The van der Waals surface area contributed by atoms with E-state index in [0.717, 1.165) is 0 Å². The van der Waals surface area contributed by atoms with E-state index >= 15 is 4.39 Å². The Hall–Kier alpha value is -5.32. The normalized spacial score (nSPS) is 14.1. The van der Waals surface area contributed by atoms with Gasteiger partial charge < -0.3 is 28.8 Å². The molecule has 1 aliphatic rings. The third-order valence-corrected chi connectivity index (χ3v) is 7.24. The number of nitrogens with one attached hydrogen (secondary N) is 3. The molecule has 1 fully saturated rings. The monoisotopic (exact) mass is 647 g/mol. The predicted octanol–water partition coefficient (Wildman–Crippen LogP) is 6.74. The molecule has 5 rings (SSSR count). The highest BCUT2D eigenvalue weighted by Crippen LogP contribution is 2.42. The molecule has 3 aromatic heterocycles. The molecule has 1 aliphatic heterocycles. The highest BCUT2D eigenvalue weighted by Gasteiger charge is 2.29. The molecular formula is C33H38FN7O6. The van der Waals surface area contributed by atoms with Gasteiger partial charge >= 0.3 is 12.2 Å². The lowest BCUT2D eigenvalue weighted by Gasteiger charge is -2.32. The number of hydrogen-bond donors (Lipinski definition) is 3. The Morgan fingerprint density at radius 1 is 1.06 bits per heavy atom. The van der Waals surface area contributed by atoms with E-state index in [1.165, 1.54) is 19.2 Å². The van der Waals surface area contributed by atoms with Crippen LogP contribution in [0.25, 0.3) is 33.6 Å². The Morgan fingerprint density at radius 2 is 1.74 bits per heavy atom. The maximum Gasteiger partial charge on any atom is 0.413 e. The standard InChI is InChI=1S/C33H38FN7O6/c1-32(2,3)46-30(42)36-18-12-14-41(15-13-18)24-11-10-23(45-24)25-21(17-35)27(20-9-8-19(44-7)16-22(20)34)37-28-26(25)29(40-39-28)38-31(43)47-33(4,5)6/h8-11,16,18H,12-15H2,1-7H3,(H,36,42)(H2,37,38,39,40,43). The van der Waals surface area contributed by atoms with Gasteiger partial charge in [0.25, 0.3) is 0 Å². The third kappa shape index (κ3) is 7.57. The molecular weight excluding hydrogens is 609 g/mol. The molecule has 0 saturated carbocycles. The molecule has 14 heteroatoms. The van der Waals surface area contributed by atoms with Crippen molar-refractivity contribution in [3.63, 3.8) is 0 Å². The SMILES string of the molecule is COc1ccc(-c2nc3[nH]nc(NC(=O)OC(C)(C)C)c3c(-c3ccc(N4CCC(NC(=O)OC(C)(C)C)CC4)o3)c2C#N)c(F)c1. The molecule has 0 aliphatic carbocycles. The van der Waals surface area contributed by atoms with Gasteiger partial charge in [0.1, 0.15) is 34.6 Å². The van der Waals surface area contributed by atoms with E-state index in [0.29, 0.717) is 37.6 Å². The lowest BCUT2D eigenvalue weighted by molar-refractivity contribution is 0.0496. The molecule has 4 heterocycles. The minimum atomic E-state index is -0.778. The summed E-state index contributed by atoms with van der Waals surface area (Å²) in [5.41, 5.74) is -0.803. The van der Waals surface area contributed by atoms with Crippen LogP contribution in [0.4, 0.5) is 25.7 Å². The van der Waals surface area contributed by atoms with Crippen LogP contribution in [0.5, 0.6) is 5.75 Å². The van der Waals surface area contributed by atoms with E-state index in [1.54, 1.807) is 39.0 Å². The van der Waals surface area contributed by atoms with Gasteiger partial charge in [-0.3, -0.25) is 10.4 Å². The van der Waals surface area contributed by atoms with Crippen molar-refractivity contribution < 1.29 is 32.6 Å². The zero-order chi connectivity index (χ0) is 34.1. The molecule has 47 heavy (non-hydrogen) atoms. The molecule has 248 valence electrons. The molecule has 0 radical (unpaired) electrons. The topological polar surface area (TPSA) is 168 Å². The number of hydrogen-bond acceptors (Lipinski definition) is 10. The number of nitrogens with zero attached hydrogens (tertiary/aromatic N) is 4. The quantitative estimate of drug-likeness (QED) is 0.204. The molecule has 1 aromatic carbocycles. The zero-order valence-electron chi connectivity index (χ0n) is 27.4. The summed E-state index contributed by atoms with van der Waals surface area (Å²) < 4.78 is 37.6. The second-order valence-corrected chi connectivity index (χ2v) is 13.1. The number of anilines is 2. The van der Waals surface area contributed by atoms with Gasteiger partial charge in [-0.2, -0.15) is 10.4 Å². The number of carbonyl (C=O) groups excluding carboxylic acids is 2. The van der Waals surface area contributed by atoms with Gasteiger partial charge in [0.05, 0.1) is 29.3 Å². The number of ether oxygens (including phenoxy) is 3. The minimum Gasteiger partial charge on any atom is -0.497 e. The maximum atomic E-state index is 15.4. The lowest BCUT2D eigenvalue weighted by Crippen LogP contribution is -2.46. The average Bonchev–Trinajstić information content (AvgIpc) is 3.62. The summed E-state index contributed by atoms with van der Waals surface area (Å²) in [5.74, 6) is 0.529. The third-order valence-electron chi connectivity index (χ3n) is 7.24. The van der Waals surface area contributed by atoms with Crippen LogP contribution in [-0.2, 0) is 9.47 Å². The van der Waals surface area contributed by atoms with Gasteiger partial charge in [0.2, 0.25) is 0 Å². The molecule has 0 unspecified atom stereocenters. The number of aromatic nitrogens is 3. The van der Waals surface area contributed by atoms with E-state index < -0.39 is 29.2 Å². The van der Waals surface area contributed by atoms with Crippen molar-refractivity contribution in [2.45, 2.75) is 71.6 Å². The Bertz CT molecular complexity index is 1840. The highest BCUT2D eigenvalue weighted by atomic mass is 19.1. The van der Waals surface area contributed by atoms with Gasteiger partial charge in [-0.1, -0.05) is 0 Å². The van der Waals surface area contributed by atoms with Crippen LogP contribution in [0.1, 0.15) is 59.9 Å². The number of benzene rings is 1. The zero-order valence-corrected chi connectivity index (χ0v) is 27.4. The smallest absolute Gasteiger partial charge is 0.413 e. The largest absolute Gasteiger partial charge is 0.497 e. The van der Waals surface area contributed by atoms with Crippen molar-refractivity contribution in [2.75, 3.05) is 30.4 Å². The molecule has 13 nitrogen and oxygen atoms in total. The van der Waals surface area contributed by atoms with Crippen LogP contribution in [0.15, 0.2) is 34.7 Å². The van der Waals surface area contributed by atoms with Gasteiger partial charge in [0, 0.05) is 36.8 Å². The number of piperidine rings is 1. The fourth-order valence-electron chi connectivity index (χ4n) is 5.27. The number of methoxy groups -OCH3 is 1. The fraction of sp³-hybridized carbons (Fsp3) is 0.424. The van der Waals surface area contributed by atoms with Crippen LogP contribution in [0.2, 0.25) is 0 Å². The van der Waals surface area contributed by atoms with Crippen LogP contribution >= 0.6 is 0 Å². The van der Waals surface area contributed by atoms with Crippen molar-refractivity contribution in [2.24, 2.45) is 0 Å². The van der Waals surface area contributed by atoms with Crippen LogP contribution in [0.3, 0.4) is 0 Å². The number of furan rings is 1. The summed E-state index contributed by atoms with van der Waals surface area (Å²) in [5, 5.41) is 23.4. The summed E-state index contributed by atoms with van der Waals surface area (Å²) in [6, 6.07) is 9.85. The van der Waals surface area contributed by atoms with Gasteiger partial charge in [-0.15, -0.1) is 0 Å². The number of aromatic amines is 1. The Morgan fingerprint density at radius 3 is 2.36 bits per heavy atom. The second kappa shape index (κ2) is 12.8. The van der Waals surface area contributed by atoms with Crippen LogP contribution < -0.4 is 20.3 Å². The van der Waals surface area contributed by atoms with Crippen molar-refractivity contribution in [3.05, 3.63) is 41.7 Å². The van der Waals surface area contributed by atoms with Crippen molar-refractivity contribution in [1.29, 1.82) is 5.26 Å². The molecule has 4 aromatic rings. The Kier molecular flexibility index (Phi) is 9.02. The second-order valence-electron chi connectivity index (χ2n) is 13.1. The molecule has 2 amide bonds. The number of alkyl carbamates (subject to hydrolysis) is 1. The number of amides is 2. The van der Waals surface area contributed by atoms with Gasteiger partial charge in [-0.25, -0.2) is 19.0 Å². The highest BCUT2D eigenvalue weighted by molar-refractivity contribution is 6.07. The summed E-state index contributed by atoms with van der Waals surface area (Å²) >= 11 is 0. The number of pyridine rings is 1.